The number of ether oxygens (including phenoxy) is 1. The monoisotopic (exact) mass is 235 g/mol. The van der Waals surface area contributed by atoms with E-state index in [9.17, 15) is 13.6 Å². The molecular weight excluding hydrogens is 228 g/mol. The number of carbonyl (C=O) groups is 1. The Hall–Kier alpha value is -1.36. The number of hydrogen-bond acceptors (Lipinski definition) is 2. The molecule has 0 saturated heterocycles. The number of rotatable bonds is 5. The summed E-state index contributed by atoms with van der Waals surface area (Å²) in [6, 6.07) is 4.33. The maximum atomic E-state index is 11.8. The lowest BCUT2D eigenvalue weighted by molar-refractivity contribution is -0.105. The van der Waals surface area contributed by atoms with Gasteiger partial charge in [0.15, 0.2) is 0 Å². The molecule has 1 aromatic rings. The van der Waals surface area contributed by atoms with Gasteiger partial charge in [-0.05, 0) is 18.2 Å². The normalized spacial score (nSPS) is 10.1. The van der Waals surface area contributed by atoms with Crippen LogP contribution in [0.1, 0.15) is 0 Å². The van der Waals surface area contributed by atoms with Crippen molar-refractivity contribution in [2.75, 3.05) is 11.9 Å². The Balaban J connectivity index is 2.70. The standard InChI is InChI=1S/C9H8ClF2NO2/c10-7-3-6(13-5-14)1-2-8(7)15-4-9(11)12/h1-3,5,9H,4H2,(H,13,14). The first-order valence-corrected chi connectivity index (χ1v) is 4.42. The number of anilines is 1. The summed E-state index contributed by atoms with van der Waals surface area (Å²) in [4.78, 5) is 10.1. The number of halogens is 3. The molecule has 0 aliphatic heterocycles. The van der Waals surface area contributed by atoms with E-state index in [1.54, 1.807) is 0 Å². The number of carbonyl (C=O) groups excluding carboxylic acids is 1. The van der Waals surface area contributed by atoms with Crippen molar-refractivity contribution in [1.29, 1.82) is 0 Å². The maximum Gasteiger partial charge on any atom is 0.272 e. The third-order valence-corrected chi connectivity index (χ3v) is 1.82. The van der Waals surface area contributed by atoms with Crippen LogP contribution < -0.4 is 10.1 Å². The van der Waals surface area contributed by atoms with Gasteiger partial charge in [0, 0.05) is 5.69 Å². The number of nitrogens with one attached hydrogen (secondary N) is 1. The van der Waals surface area contributed by atoms with E-state index in [-0.39, 0.29) is 10.8 Å². The number of benzene rings is 1. The van der Waals surface area contributed by atoms with E-state index in [0.717, 1.165) is 0 Å². The van der Waals surface area contributed by atoms with Crippen molar-refractivity contribution in [1.82, 2.24) is 0 Å². The van der Waals surface area contributed by atoms with E-state index in [4.69, 9.17) is 16.3 Å². The fourth-order valence-corrected chi connectivity index (χ4v) is 1.16. The Bertz CT molecular complexity index is 347. The van der Waals surface area contributed by atoms with Crippen LogP contribution in [0.4, 0.5) is 14.5 Å². The Morgan fingerprint density at radius 1 is 1.53 bits per heavy atom. The topological polar surface area (TPSA) is 38.3 Å². The van der Waals surface area contributed by atoms with E-state index in [1.807, 2.05) is 0 Å². The van der Waals surface area contributed by atoms with Crippen molar-refractivity contribution in [2.45, 2.75) is 6.43 Å². The van der Waals surface area contributed by atoms with Crippen LogP contribution in [-0.4, -0.2) is 19.4 Å². The van der Waals surface area contributed by atoms with Crippen molar-refractivity contribution in [2.24, 2.45) is 0 Å². The lowest BCUT2D eigenvalue weighted by Gasteiger charge is -2.08. The molecule has 0 unspecified atom stereocenters. The van der Waals surface area contributed by atoms with Gasteiger partial charge in [0.2, 0.25) is 6.41 Å². The molecule has 3 nitrogen and oxygen atoms in total. The number of alkyl halides is 2. The second kappa shape index (κ2) is 5.50. The molecule has 0 radical (unpaired) electrons. The van der Waals surface area contributed by atoms with E-state index >= 15 is 0 Å². The fraction of sp³-hybridized carbons (Fsp3) is 0.222. The molecule has 0 atom stereocenters. The molecule has 0 aliphatic rings. The highest BCUT2D eigenvalue weighted by Crippen LogP contribution is 2.27. The maximum absolute atomic E-state index is 11.8. The molecule has 0 bridgehead atoms. The Labute approximate surface area is 90.0 Å². The number of hydrogen-bond donors (Lipinski definition) is 1. The average Bonchev–Trinajstić information content (AvgIpc) is 2.17. The molecule has 6 heteroatoms. The molecule has 15 heavy (non-hydrogen) atoms. The molecule has 0 aliphatic carbocycles. The molecule has 1 rings (SSSR count). The van der Waals surface area contributed by atoms with Gasteiger partial charge in [0.25, 0.3) is 6.43 Å². The van der Waals surface area contributed by atoms with Crippen LogP contribution >= 0.6 is 11.6 Å². The van der Waals surface area contributed by atoms with Gasteiger partial charge in [-0.25, -0.2) is 8.78 Å². The van der Waals surface area contributed by atoms with Crippen LogP contribution in [0, 0.1) is 0 Å². The minimum Gasteiger partial charge on any atom is -0.486 e. The molecule has 0 fully saturated rings. The average molecular weight is 236 g/mol. The highest BCUT2D eigenvalue weighted by molar-refractivity contribution is 6.32. The summed E-state index contributed by atoms with van der Waals surface area (Å²) in [6.45, 7) is -0.708. The predicted molar refractivity (Wildman–Crippen MR) is 52.6 cm³/mol. The van der Waals surface area contributed by atoms with Gasteiger partial charge in [0.05, 0.1) is 5.02 Å². The number of amides is 1. The van der Waals surface area contributed by atoms with E-state index in [1.165, 1.54) is 18.2 Å². The van der Waals surface area contributed by atoms with E-state index in [0.29, 0.717) is 12.1 Å². The second-order valence-electron chi connectivity index (χ2n) is 2.61. The van der Waals surface area contributed by atoms with Crippen LogP contribution in [0.5, 0.6) is 5.75 Å². The summed E-state index contributed by atoms with van der Waals surface area (Å²) in [5.41, 5.74) is 0.472. The molecule has 0 saturated carbocycles. The molecule has 1 N–H and O–H groups in total. The molecule has 0 aromatic heterocycles. The zero-order chi connectivity index (χ0) is 11.3. The summed E-state index contributed by atoms with van der Waals surface area (Å²) in [5, 5.41) is 2.54. The van der Waals surface area contributed by atoms with Crippen molar-refractivity contribution in [3.05, 3.63) is 23.2 Å². The van der Waals surface area contributed by atoms with Gasteiger partial charge in [-0.2, -0.15) is 0 Å². The highest BCUT2D eigenvalue weighted by atomic mass is 35.5. The first-order valence-electron chi connectivity index (χ1n) is 4.04. The minimum absolute atomic E-state index is 0.161. The Morgan fingerprint density at radius 3 is 2.80 bits per heavy atom. The lowest BCUT2D eigenvalue weighted by Crippen LogP contribution is -2.07. The largest absolute Gasteiger partial charge is 0.486 e. The van der Waals surface area contributed by atoms with Crippen LogP contribution in [0.15, 0.2) is 18.2 Å². The van der Waals surface area contributed by atoms with Gasteiger partial charge < -0.3 is 10.1 Å². The summed E-state index contributed by atoms with van der Waals surface area (Å²) >= 11 is 5.72. The summed E-state index contributed by atoms with van der Waals surface area (Å²) in [6.07, 6.45) is -2.06. The second-order valence-corrected chi connectivity index (χ2v) is 3.02. The zero-order valence-corrected chi connectivity index (χ0v) is 8.30. The van der Waals surface area contributed by atoms with Crippen molar-refractivity contribution >= 4 is 23.7 Å². The third kappa shape index (κ3) is 3.71. The lowest BCUT2D eigenvalue weighted by atomic mass is 10.3. The van der Waals surface area contributed by atoms with Gasteiger partial charge in [-0.15, -0.1) is 0 Å². The van der Waals surface area contributed by atoms with Crippen molar-refractivity contribution < 1.29 is 18.3 Å². The van der Waals surface area contributed by atoms with Gasteiger partial charge in [-0.3, -0.25) is 4.79 Å². The molecule has 82 valence electrons. The van der Waals surface area contributed by atoms with Crippen LogP contribution in [-0.2, 0) is 4.79 Å². The highest BCUT2D eigenvalue weighted by Gasteiger charge is 2.07. The molecule has 1 aromatic carbocycles. The summed E-state index contributed by atoms with van der Waals surface area (Å²) in [5.74, 6) is 0.161. The summed E-state index contributed by atoms with van der Waals surface area (Å²) < 4.78 is 28.4. The minimum atomic E-state index is -2.55. The third-order valence-electron chi connectivity index (χ3n) is 1.52. The predicted octanol–water partition coefficient (Wildman–Crippen LogP) is 2.55. The van der Waals surface area contributed by atoms with E-state index in [2.05, 4.69) is 5.32 Å². The van der Waals surface area contributed by atoms with Crippen LogP contribution in [0.3, 0.4) is 0 Å². The van der Waals surface area contributed by atoms with Gasteiger partial charge >= 0.3 is 0 Å². The summed E-state index contributed by atoms with van der Waals surface area (Å²) in [7, 11) is 0. The van der Waals surface area contributed by atoms with Crippen molar-refractivity contribution in [3.63, 3.8) is 0 Å². The fourth-order valence-electron chi connectivity index (χ4n) is 0.928. The van der Waals surface area contributed by atoms with Gasteiger partial charge in [-0.1, -0.05) is 11.6 Å². The zero-order valence-electron chi connectivity index (χ0n) is 7.54. The molecule has 1 amide bonds. The quantitative estimate of drug-likeness (QED) is 0.797. The van der Waals surface area contributed by atoms with E-state index < -0.39 is 13.0 Å². The van der Waals surface area contributed by atoms with Crippen molar-refractivity contribution in [3.8, 4) is 5.75 Å². The molecule has 0 spiro atoms. The first-order chi connectivity index (χ1) is 7.13. The molecular formula is C9H8ClF2NO2. The molecule has 0 heterocycles. The Morgan fingerprint density at radius 2 is 2.27 bits per heavy atom. The van der Waals surface area contributed by atoms with Crippen LogP contribution in [0.2, 0.25) is 5.02 Å². The van der Waals surface area contributed by atoms with Crippen LogP contribution in [0.25, 0.3) is 0 Å². The Kier molecular flexibility index (Phi) is 4.30. The SMILES string of the molecule is O=CNc1ccc(OCC(F)F)c(Cl)c1. The first kappa shape index (κ1) is 11.7. The van der Waals surface area contributed by atoms with Gasteiger partial charge in [0.1, 0.15) is 12.4 Å². The smallest absolute Gasteiger partial charge is 0.272 e.